The molecule has 118 valence electrons. The van der Waals surface area contributed by atoms with Crippen LogP contribution >= 0.6 is 0 Å². The Morgan fingerprint density at radius 3 is 1.95 bits per heavy atom. The van der Waals surface area contributed by atoms with Crippen molar-refractivity contribution in [3.63, 3.8) is 0 Å². The normalized spacial score (nSPS) is 10.8. The molecule has 0 aliphatic heterocycles. The van der Waals surface area contributed by atoms with Gasteiger partial charge in [-0.25, -0.2) is 8.78 Å². The van der Waals surface area contributed by atoms with Crippen LogP contribution < -0.4 is 0 Å². The zero-order valence-corrected chi connectivity index (χ0v) is 13.0. The van der Waals surface area contributed by atoms with Gasteiger partial charge in [0.25, 0.3) is 0 Å². The van der Waals surface area contributed by atoms with Crippen molar-refractivity contribution in [3.05, 3.63) is 35.4 Å². The largest absolute Gasteiger partial charge is 0.299 e. The van der Waals surface area contributed by atoms with E-state index in [4.69, 9.17) is 0 Å². The van der Waals surface area contributed by atoms with Crippen LogP contribution in [0, 0.1) is 11.6 Å². The molecular formula is C18H26F2O. The molecule has 0 saturated carbocycles. The zero-order valence-electron chi connectivity index (χ0n) is 13.0. The van der Waals surface area contributed by atoms with E-state index in [9.17, 15) is 13.6 Å². The average Bonchev–Trinajstić information content (AvgIpc) is 2.40. The number of halogens is 2. The second-order valence-corrected chi connectivity index (χ2v) is 5.72. The number of hydrogen-bond donors (Lipinski definition) is 0. The second-order valence-electron chi connectivity index (χ2n) is 5.72. The lowest BCUT2D eigenvalue weighted by atomic mass is 10.0. The lowest BCUT2D eigenvalue weighted by Gasteiger charge is -2.03. The van der Waals surface area contributed by atoms with Crippen LogP contribution in [0.25, 0.3) is 0 Å². The summed E-state index contributed by atoms with van der Waals surface area (Å²) in [5.41, 5.74) is 0.428. The van der Waals surface area contributed by atoms with Gasteiger partial charge in [-0.3, -0.25) is 4.79 Å². The van der Waals surface area contributed by atoms with E-state index in [1.165, 1.54) is 50.7 Å². The van der Waals surface area contributed by atoms with Crippen molar-refractivity contribution in [3.8, 4) is 0 Å². The predicted octanol–water partition coefficient (Wildman–Crippen LogP) is 5.61. The maximum absolute atomic E-state index is 13.0. The molecule has 0 unspecified atom stereocenters. The highest BCUT2D eigenvalue weighted by atomic mass is 19.1. The maximum atomic E-state index is 13.0. The van der Waals surface area contributed by atoms with Crippen molar-refractivity contribution in [2.75, 3.05) is 0 Å². The predicted molar refractivity (Wildman–Crippen MR) is 82.3 cm³/mol. The first-order chi connectivity index (χ1) is 10.1. The van der Waals surface area contributed by atoms with Crippen LogP contribution in [-0.2, 0) is 11.2 Å². The monoisotopic (exact) mass is 296 g/mol. The molecule has 1 rings (SSSR count). The molecule has 0 bridgehead atoms. The molecule has 3 heteroatoms. The third-order valence-corrected chi connectivity index (χ3v) is 3.63. The van der Waals surface area contributed by atoms with Crippen molar-refractivity contribution in [2.24, 2.45) is 0 Å². The minimum absolute atomic E-state index is 0.0611. The van der Waals surface area contributed by atoms with Crippen LogP contribution in [-0.4, -0.2) is 5.78 Å². The Balaban J connectivity index is 2.11. The minimum Gasteiger partial charge on any atom is -0.299 e. The summed E-state index contributed by atoms with van der Waals surface area (Å²) in [5.74, 6) is -1.18. The molecule has 0 aromatic heterocycles. The van der Waals surface area contributed by atoms with Gasteiger partial charge >= 0.3 is 0 Å². The van der Waals surface area contributed by atoms with Gasteiger partial charge in [0.05, 0.1) is 0 Å². The number of benzene rings is 1. The Labute approximate surface area is 126 Å². The van der Waals surface area contributed by atoms with Crippen LogP contribution in [0.15, 0.2) is 18.2 Å². The van der Waals surface area contributed by atoms with Crippen molar-refractivity contribution >= 4 is 5.78 Å². The summed E-state index contributed by atoms with van der Waals surface area (Å²) < 4.78 is 26.0. The van der Waals surface area contributed by atoms with E-state index in [-0.39, 0.29) is 12.2 Å². The molecule has 0 atom stereocenters. The molecule has 0 amide bonds. The van der Waals surface area contributed by atoms with Gasteiger partial charge in [-0.15, -0.1) is 0 Å². The molecule has 0 spiro atoms. The molecule has 0 heterocycles. The van der Waals surface area contributed by atoms with Gasteiger partial charge in [0.1, 0.15) is 17.4 Å². The van der Waals surface area contributed by atoms with E-state index in [0.29, 0.717) is 12.0 Å². The van der Waals surface area contributed by atoms with Gasteiger partial charge in [-0.2, -0.15) is 0 Å². The van der Waals surface area contributed by atoms with Gasteiger partial charge in [-0.05, 0) is 24.1 Å². The highest BCUT2D eigenvalue weighted by Gasteiger charge is 2.06. The molecular weight excluding hydrogens is 270 g/mol. The Morgan fingerprint density at radius 2 is 1.38 bits per heavy atom. The van der Waals surface area contributed by atoms with Gasteiger partial charge in [0.2, 0.25) is 0 Å². The van der Waals surface area contributed by atoms with Crippen molar-refractivity contribution < 1.29 is 13.6 Å². The quantitative estimate of drug-likeness (QED) is 0.485. The van der Waals surface area contributed by atoms with Crippen molar-refractivity contribution in [1.29, 1.82) is 0 Å². The van der Waals surface area contributed by atoms with Crippen molar-refractivity contribution in [1.82, 2.24) is 0 Å². The SMILES string of the molecule is CCCCCCCCCCC(=O)Cc1cc(F)cc(F)c1. The Hall–Kier alpha value is -1.25. The van der Waals surface area contributed by atoms with Gasteiger partial charge in [-0.1, -0.05) is 51.9 Å². The summed E-state index contributed by atoms with van der Waals surface area (Å²) in [7, 11) is 0. The highest BCUT2D eigenvalue weighted by molar-refractivity contribution is 5.80. The first-order valence-electron chi connectivity index (χ1n) is 8.08. The molecule has 0 saturated heterocycles. The number of carbonyl (C=O) groups excluding carboxylic acids is 1. The van der Waals surface area contributed by atoms with Gasteiger partial charge in [0, 0.05) is 18.9 Å². The van der Waals surface area contributed by atoms with Crippen molar-refractivity contribution in [2.45, 2.75) is 71.1 Å². The van der Waals surface area contributed by atoms with E-state index >= 15 is 0 Å². The van der Waals surface area contributed by atoms with Crippen LogP contribution in [0.1, 0.15) is 70.3 Å². The molecule has 0 aliphatic carbocycles. The molecule has 0 fully saturated rings. The number of unbranched alkanes of at least 4 members (excludes halogenated alkanes) is 7. The summed E-state index contributed by atoms with van der Waals surface area (Å²) in [4.78, 5) is 11.8. The topological polar surface area (TPSA) is 17.1 Å². The molecule has 1 nitrogen and oxygen atoms in total. The van der Waals surface area contributed by atoms with E-state index in [0.717, 1.165) is 18.9 Å². The molecule has 0 N–H and O–H groups in total. The smallest absolute Gasteiger partial charge is 0.137 e. The zero-order chi connectivity index (χ0) is 15.5. The Morgan fingerprint density at radius 1 is 0.857 bits per heavy atom. The third kappa shape index (κ3) is 8.59. The van der Waals surface area contributed by atoms with Gasteiger partial charge in [0.15, 0.2) is 0 Å². The van der Waals surface area contributed by atoms with E-state index in [1.807, 2.05) is 0 Å². The van der Waals surface area contributed by atoms with Crippen LogP contribution in [0.3, 0.4) is 0 Å². The van der Waals surface area contributed by atoms with Gasteiger partial charge < -0.3 is 0 Å². The molecule has 0 aliphatic rings. The fraction of sp³-hybridized carbons (Fsp3) is 0.611. The number of hydrogen-bond acceptors (Lipinski definition) is 1. The standard InChI is InChI=1S/C18H26F2O/c1-2-3-4-5-6-7-8-9-10-18(21)13-15-11-16(19)14-17(20)12-15/h11-12,14H,2-10,13H2,1H3. The lowest BCUT2D eigenvalue weighted by molar-refractivity contribution is -0.118. The number of carbonyl (C=O) groups is 1. The summed E-state index contributed by atoms with van der Waals surface area (Å²) in [6, 6.07) is 3.29. The molecule has 1 aromatic rings. The summed E-state index contributed by atoms with van der Waals surface area (Å²) >= 11 is 0. The highest BCUT2D eigenvalue weighted by Crippen LogP contribution is 2.12. The summed E-state index contributed by atoms with van der Waals surface area (Å²) in [6.07, 6.45) is 10.1. The number of ketones is 1. The number of rotatable bonds is 11. The summed E-state index contributed by atoms with van der Waals surface area (Å²) in [6.45, 7) is 2.20. The fourth-order valence-corrected chi connectivity index (χ4v) is 2.49. The van der Waals surface area contributed by atoms with Crippen LogP contribution in [0.5, 0.6) is 0 Å². The third-order valence-electron chi connectivity index (χ3n) is 3.63. The first kappa shape index (κ1) is 17.8. The van der Waals surface area contributed by atoms with Crippen LogP contribution in [0.2, 0.25) is 0 Å². The van der Waals surface area contributed by atoms with Crippen LogP contribution in [0.4, 0.5) is 8.78 Å². The first-order valence-corrected chi connectivity index (χ1v) is 8.08. The maximum Gasteiger partial charge on any atom is 0.137 e. The summed E-state index contributed by atoms with van der Waals surface area (Å²) in [5, 5.41) is 0. The molecule has 1 aromatic carbocycles. The number of Topliss-reactive ketones (excluding diaryl/α,β-unsaturated/α-hetero) is 1. The van der Waals surface area contributed by atoms with E-state index in [2.05, 4.69) is 6.92 Å². The minimum atomic E-state index is -0.620. The lowest BCUT2D eigenvalue weighted by Crippen LogP contribution is -2.03. The Bertz CT molecular complexity index is 409. The Kier molecular flexibility index (Phi) is 8.88. The average molecular weight is 296 g/mol. The second kappa shape index (κ2) is 10.5. The molecule has 0 radical (unpaired) electrons. The van der Waals surface area contributed by atoms with E-state index in [1.54, 1.807) is 0 Å². The fourth-order valence-electron chi connectivity index (χ4n) is 2.49. The molecule has 21 heavy (non-hydrogen) atoms. The van der Waals surface area contributed by atoms with E-state index < -0.39 is 11.6 Å².